The molecule has 0 saturated carbocycles. The van der Waals surface area contributed by atoms with Crippen molar-refractivity contribution < 1.29 is 13.9 Å². The summed E-state index contributed by atoms with van der Waals surface area (Å²) in [4.78, 5) is 15.3. The molecule has 4 heteroatoms. The SMILES string of the molecule is CCN(CC)CCCOC(=O)C(Cc1ccco1)Cc1cccc2ccccc12. The van der Waals surface area contributed by atoms with Gasteiger partial charge in [-0.1, -0.05) is 56.3 Å². The number of hydrogen-bond donors (Lipinski definition) is 0. The van der Waals surface area contributed by atoms with Gasteiger partial charge in [0.05, 0.1) is 18.8 Å². The van der Waals surface area contributed by atoms with E-state index in [4.69, 9.17) is 9.15 Å². The van der Waals surface area contributed by atoms with Gasteiger partial charge in [0.15, 0.2) is 0 Å². The highest BCUT2D eigenvalue weighted by molar-refractivity contribution is 5.86. The Morgan fingerprint density at radius 2 is 1.79 bits per heavy atom. The summed E-state index contributed by atoms with van der Waals surface area (Å²) >= 11 is 0. The van der Waals surface area contributed by atoms with Gasteiger partial charge in [0.1, 0.15) is 5.76 Å². The van der Waals surface area contributed by atoms with E-state index in [9.17, 15) is 4.79 Å². The second-order valence-electron chi connectivity index (χ2n) is 7.37. The topological polar surface area (TPSA) is 42.7 Å². The van der Waals surface area contributed by atoms with Crippen LogP contribution in [0.2, 0.25) is 0 Å². The van der Waals surface area contributed by atoms with E-state index >= 15 is 0 Å². The van der Waals surface area contributed by atoms with Crippen molar-refractivity contribution in [1.29, 1.82) is 0 Å². The Labute approximate surface area is 173 Å². The molecule has 4 nitrogen and oxygen atoms in total. The van der Waals surface area contributed by atoms with E-state index in [1.54, 1.807) is 6.26 Å². The van der Waals surface area contributed by atoms with Crippen molar-refractivity contribution in [2.24, 2.45) is 5.92 Å². The van der Waals surface area contributed by atoms with Crippen molar-refractivity contribution in [2.45, 2.75) is 33.1 Å². The van der Waals surface area contributed by atoms with Crippen LogP contribution in [0.3, 0.4) is 0 Å². The number of nitrogens with zero attached hydrogens (tertiary/aromatic N) is 1. The predicted molar refractivity (Wildman–Crippen MR) is 117 cm³/mol. The molecule has 1 atom stereocenters. The van der Waals surface area contributed by atoms with Crippen LogP contribution in [0.15, 0.2) is 65.3 Å². The molecular formula is C25H31NO3. The molecule has 29 heavy (non-hydrogen) atoms. The largest absolute Gasteiger partial charge is 0.469 e. The molecule has 0 bridgehead atoms. The normalized spacial score (nSPS) is 12.4. The Morgan fingerprint density at radius 1 is 1.00 bits per heavy atom. The zero-order valence-electron chi connectivity index (χ0n) is 17.5. The molecule has 2 aromatic carbocycles. The minimum Gasteiger partial charge on any atom is -0.469 e. The molecule has 1 aromatic heterocycles. The highest BCUT2D eigenvalue weighted by Gasteiger charge is 2.23. The van der Waals surface area contributed by atoms with Gasteiger partial charge in [-0.2, -0.15) is 0 Å². The highest BCUT2D eigenvalue weighted by Crippen LogP contribution is 2.24. The maximum Gasteiger partial charge on any atom is 0.309 e. The summed E-state index contributed by atoms with van der Waals surface area (Å²) < 4.78 is 11.2. The molecule has 0 aliphatic heterocycles. The lowest BCUT2D eigenvalue weighted by Crippen LogP contribution is -2.27. The van der Waals surface area contributed by atoms with Gasteiger partial charge in [0.2, 0.25) is 0 Å². The third-order valence-electron chi connectivity index (χ3n) is 5.46. The molecule has 3 aromatic rings. The molecule has 1 unspecified atom stereocenters. The summed E-state index contributed by atoms with van der Waals surface area (Å²) in [5.74, 6) is 0.407. The molecule has 154 valence electrons. The standard InChI is InChI=1S/C25H31NO3/c1-3-26(4-2)15-9-17-29-25(27)22(19-23-13-8-16-28-23)18-21-12-7-11-20-10-5-6-14-24(20)21/h5-8,10-14,16,22H,3-4,9,15,17-19H2,1-2H3. The van der Waals surface area contributed by atoms with Crippen molar-refractivity contribution in [2.75, 3.05) is 26.2 Å². The second-order valence-corrected chi connectivity index (χ2v) is 7.37. The van der Waals surface area contributed by atoms with Gasteiger partial charge in [0.25, 0.3) is 0 Å². The van der Waals surface area contributed by atoms with Crippen molar-refractivity contribution >= 4 is 16.7 Å². The van der Waals surface area contributed by atoms with Crippen LogP contribution >= 0.6 is 0 Å². The van der Waals surface area contributed by atoms with Gasteiger partial charge >= 0.3 is 5.97 Å². The average molecular weight is 394 g/mol. The van der Waals surface area contributed by atoms with Crippen LogP contribution in [0.4, 0.5) is 0 Å². The third kappa shape index (κ3) is 5.94. The molecule has 0 aliphatic rings. The summed E-state index contributed by atoms with van der Waals surface area (Å²) in [5, 5.41) is 2.38. The van der Waals surface area contributed by atoms with E-state index in [2.05, 4.69) is 49.1 Å². The van der Waals surface area contributed by atoms with Crippen molar-refractivity contribution in [1.82, 2.24) is 4.90 Å². The van der Waals surface area contributed by atoms with Gasteiger partial charge in [-0.3, -0.25) is 4.79 Å². The highest BCUT2D eigenvalue weighted by atomic mass is 16.5. The Balaban J connectivity index is 1.68. The number of carbonyl (C=O) groups is 1. The lowest BCUT2D eigenvalue weighted by atomic mass is 9.92. The Bertz CT molecular complexity index is 879. The molecule has 0 radical (unpaired) electrons. The molecule has 0 fully saturated rings. The van der Waals surface area contributed by atoms with Gasteiger partial charge in [0, 0.05) is 13.0 Å². The van der Waals surface area contributed by atoms with Crippen LogP contribution in [-0.4, -0.2) is 37.1 Å². The van der Waals surface area contributed by atoms with Crippen molar-refractivity contribution in [3.05, 3.63) is 72.2 Å². The van der Waals surface area contributed by atoms with E-state index in [0.717, 1.165) is 31.8 Å². The smallest absolute Gasteiger partial charge is 0.309 e. The van der Waals surface area contributed by atoms with E-state index < -0.39 is 0 Å². The minimum atomic E-state index is -0.264. The van der Waals surface area contributed by atoms with E-state index in [1.165, 1.54) is 16.3 Å². The summed E-state index contributed by atoms with van der Waals surface area (Å²) in [6.07, 6.45) is 3.69. The van der Waals surface area contributed by atoms with Crippen LogP contribution in [-0.2, 0) is 22.4 Å². The van der Waals surface area contributed by atoms with Gasteiger partial charge in [-0.05, 0) is 54.4 Å². The summed E-state index contributed by atoms with van der Waals surface area (Å²) in [5.41, 5.74) is 1.17. The third-order valence-corrected chi connectivity index (χ3v) is 5.46. The Morgan fingerprint density at radius 3 is 2.55 bits per heavy atom. The predicted octanol–water partition coefficient (Wildman–Crippen LogP) is 5.11. The van der Waals surface area contributed by atoms with Crippen molar-refractivity contribution in [3.63, 3.8) is 0 Å². The Kier molecular flexibility index (Phi) is 7.88. The monoisotopic (exact) mass is 393 g/mol. The first-order valence-corrected chi connectivity index (χ1v) is 10.6. The zero-order valence-corrected chi connectivity index (χ0v) is 17.5. The van der Waals surface area contributed by atoms with Crippen LogP contribution < -0.4 is 0 Å². The molecular weight excluding hydrogens is 362 g/mol. The quantitative estimate of drug-likeness (QED) is 0.335. The van der Waals surface area contributed by atoms with Crippen LogP contribution in [0.25, 0.3) is 10.8 Å². The first kappa shape index (κ1) is 21.1. The van der Waals surface area contributed by atoms with E-state index in [-0.39, 0.29) is 11.9 Å². The Hall–Kier alpha value is -2.59. The lowest BCUT2D eigenvalue weighted by Gasteiger charge is -2.19. The molecule has 0 saturated heterocycles. The van der Waals surface area contributed by atoms with Crippen molar-refractivity contribution in [3.8, 4) is 0 Å². The van der Waals surface area contributed by atoms with Gasteiger partial charge in [-0.25, -0.2) is 0 Å². The summed E-state index contributed by atoms with van der Waals surface area (Å²) in [6, 6.07) is 18.3. The number of rotatable bonds is 11. The van der Waals surface area contributed by atoms with E-state index in [0.29, 0.717) is 19.4 Å². The van der Waals surface area contributed by atoms with Crippen LogP contribution in [0, 0.1) is 5.92 Å². The van der Waals surface area contributed by atoms with Crippen LogP contribution in [0.1, 0.15) is 31.6 Å². The molecule has 0 spiro atoms. The zero-order chi connectivity index (χ0) is 20.5. The fourth-order valence-corrected chi connectivity index (χ4v) is 3.76. The summed E-state index contributed by atoms with van der Waals surface area (Å²) in [6.45, 7) is 7.75. The minimum absolute atomic E-state index is 0.145. The van der Waals surface area contributed by atoms with Gasteiger partial charge in [-0.15, -0.1) is 0 Å². The van der Waals surface area contributed by atoms with Crippen LogP contribution in [0.5, 0.6) is 0 Å². The fourth-order valence-electron chi connectivity index (χ4n) is 3.76. The molecule has 1 heterocycles. The maximum absolute atomic E-state index is 12.9. The molecule has 0 N–H and O–H groups in total. The number of carbonyl (C=O) groups excluding carboxylic acids is 1. The molecule has 0 amide bonds. The fraction of sp³-hybridized carbons (Fsp3) is 0.400. The second kappa shape index (κ2) is 10.8. The first-order valence-electron chi connectivity index (χ1n) is 10.6. The molecule has 0 aliphatic carbocycles. The maximum atomic E-state index is 12.9. The lowest BCUT2D eigenvalue weighted by molar-refractivity contribution is -0.148. The average Bonchev–Trinajstić information content (AvgIpc) is 3.26. The number of fused-ring (bicyclic) bond motifs is 1. The number of benzene rings is 2. The summed E-state index contributed by atoms with van der Waals surface area (Å²) in [7, 11) is 0. The number of hydrogen-bond acceptors (Lipinski definition) is 4. The first-order chi connectivity index (χ1) is 14.2. The number of esters is 1. The number of furan rings is 1. The molecule has 3 rings (SSSR count). The number of ether oxygens (including phenoxy) is 1. The van der Waals surface area contributed by atoms with E-state index in [1.807, 2.05) is 24.3 Å². The van der Waals surface area contributed by atoms with Gasteiger partial charge < -0.3 is 14.1 Å².